The highest BCUT2D eigenvalue weighted by atomic mass is 16.5. The number of allylic oxidation sites excluding steroid dienone is 1. The van der Waals surface area contributed by atoms with Crippen molar-refractivity contribution in [2.75, 3.05) is 40.5 Å². The van der Waals surface area contributed by atoms with Crippen LogP contribution < -0.4 is 14.8 Å². The predicted octanol–water partition coefficient (Wildman–Crippen LogP) is 2.96. The van der Waals surface area contributed by atoms with Crippen LogP contribution in [0.2, 0.25) is 0 Å². The Bertz CT molecular complexity index is 703. The summed E-state index contributed by atoms with van der Waals surface area (Å²) in [5, 5.41) is 3.58. The number of nitrogens with zero attached hydrogens (tertiary/aromatic N) is 1. The van der Waals surface area contributed by atoms with E-state index in [-0.39, 0.29) is 0 Å². The zero-order chi connectivity index (χ0) is 17.9. The van der Waals surface area contributed by atoms with Gasteiger partial charge in [0, 0.05) is 43.6 Å². The van der Waals surface area contributed by atoms with E-state index >= 15 is 0 Å². The molecule has 0 aliphatic carbocycles. The third-order valence-corrected chi connectivity index (χ3v) is 5.49. The summed E-state index contributed by atoms with van der Waals surface area (Å²) in [7, 11) is 3.43. The first-order chi connectivity index (χ1) is 12.8. The van der Waals surface area contributed by atoms with Crippen LogP contribution in [0.15, 0.2) is 30.0 Å². The van der Waals surface area contributed by atoms with E-state index in [0.717, 1.165) is 50.6 Å². The highest BCUT2D eigenvalue weighted by Crippen LogP contribution is 2.40. The molecule has 1 fully saturated rings. The molecular weight excluding hydrogens is 328 g/mol. The lowest BCUT2D eigenvalue weighted by Gasteiger charge is -2.36. The normalized spacial score (nSPS) is 21.9. The molecule has 0 aromatic heterocycles. The molecule has 1 aromatic carbocycles. The largest absolute Gasteiger partial charge is 0.497 e. The van der Waals surface area contributed by atoms with Gasteiger partial charge in [0.05, 0.1) is 26.0 Å². The van der Waals surface area contributed by atoms with Crippen LogP contribution >= 0.6 is 0 Å². The molecule has 4 rings (SSSR count). The van der Waals surface area contributed by atoms with E-state index in [1.807, 2.05) is 6.07 Å². The molecule has 3 heterocycles. The molecule has 0 saturated carbocycles. The minimum Gasteiger partial charge on any atom is -0.497 e. The number of fused-ring (bicyclic) bond motifs is 3. The van der Waals surface area contributed by atoms with Crippen LogP contribution in [0.5, 0.6) is 11.5 Å². The van der Waals surface area contributed by atoms with Crippen molar-refractivity contribution < 1.29 is 14.2 Å². The second kappa shape index (κ2) is 7.62. The average Bonchev–Trinajstić information content (AvgIpc) is 2.71. The summed E-state index contributed by atoms with van der Waals surface area (Å²) in [4.78, 5) is 2.42. The SMILES string of the molecule is COc1cc2c(c(OC)c1)C1=CC(NCC3CCCCO3)=CCN1CC2. The maximum atomic E-state index is 5.84. The van der Waals surface area contributed by atoms with E-state index in [4.69, 9.17) is 14.2 Å². The van der Waals surface area contributed by atoms with Crippen molar-refractivity contribution >= 4 is 5.70 Å². The van der Waals surface area contributed by atoms with E-state index in [1.165, 1.54) is 35.4 Å². The highest BCUT2D eigenvalue weighted by Gasteiger charge is 2.27. The van der Waals surface area contributed by atoms with Gasteiger partial charge in [-0.2, -0.15) is 0 Å². The summed E-state index contributed by atoms with van der Waals surface area (Å²) in [6.45, 7) is 3.72. The number of benzene rings is 1. The quantitative estimate of drug-likeness (QED) is 0.879. The summed E-state index contributed by atoms with van der Waals surface area (Å²) in [6.07, 6.45) is 9.47. The standard InChI is InChI=1S/C21H28N2O3/c1-24-18-11-15-6-8-23-9-7-16(22-14-17-5-3-4-10-26-17)12-19(23)21(15)20(13-18)25-2/h7,11-13,17,22H,3-6,8-10,14H2,1-2H3. The van der Waals surface area contributed by atoms with Gasteiger partial charge in [0.1, 0.15) is 11.5 Å². The fraction of sp³-hybridized carbons (Fsp3) is 0.524. The van der Waals surface area contributed by atoms with Crippen molar-refractivity contribution in [3.63, 3.8) is 0 Å². The summed E-state index contributed by atoms with van der Waals surface area (Å²) >= 11 is 0. The molecule has 1 saturated heterocycles. The molecule has 0 radical (unpaired) electrons. The van der Waals surface area contributed by atoms with Gasteiger partial charge in [-0.15, -0.1) is 0 Å². The van der Waals surface area contributed by atoms with Crippen molar-refractivity contribution in [1.82, 2.24) is 10.2 Å². The molecule has 1 atom stereocenters. The zero-order valence-corrected chi connectivity index (χ0v) is 15.7. The van der Waals surface area contributed by atoms with E-state index in [0.29, 0.717) is 6.10 Å². The molecule has 0 bridgehead atoms. The molecule has 3 aliphatic heterocycles. The van der Waals surface area contributed by atoms with Crippen molar-refractivity contribution in [2.24, 2.45) is 0 Å². The first-order valence-corrected chi connectivity index (χ1v) is 9.56. The van der Waals surface area contributed by atoms with Gasteiger partial charge in [-0.25, -0.2) is 0 Å². The van der Waals surface area contributed by atoms with Gasteiger partial charge < -0.3 is 24.4 Å². The number of methoxy groups -OCH3 is 2. The number of hydrogen-bond donors (Lipinski definition) is 1. The zero-order valence-electron chi connectivity index (χ0n) is 15.7. The van der Waals surface area contributed by atoms with Crippen LogP contribution in [0.1, 0.15) is 30.4 Å². The minimum absolute atomic E-state index is 0.332. The van der Waals surface area contributed by atoms with Gasteiger partial charge in [-0.3, -0.25) is 0 Å². The van der Waals surface area contributed by atoms with Gasteiger partial charge in [0.15, 0.2) is 0 Å². The van der Waals surface area contributed by atoms with E-state index in [2.05, 4.69) is 28.4 Å². The van der Waals surface area contributed by atoms with Crippen LogP contribution in [0.3, 0.4) is 0 Å². The average molecular weight is 356 g/mol. The Labute approximate surface area is 155 Å². The van der Waals surface area contributed by atoms with Crippen LogP contribution in [0.4, 0.5) is 0 Å². The monoisotopic (exact) mass is 356 g/mol. The first-order valence-electron chi connectivity index (χ1n) is 9.56. The Morgan fingerprint density at radius 2 is 2.15 bits per heavy atom. The summed E-state index contributed by atoms with van der Waals surface area (Å²) in [5.41, 5.74) is 4.90. The Hall–Kier alpha value is -2.14. The Morgan fingerprint density at radius 1 is 1.23 bits per heavy atom. The summed E-state index contributed by atoms with van der Waals surface area (Å²) in [5.74, 6) is 1.74. The smallest absolute Gasteiger partial charge is 0.132 e. The molecule has 5 nitrogen and oxygen atoms in total. The molecule has 1 unspecified atom stereocenters. The van der Waals surface area contributed by atoms with Crippen LogP contribution in [0, 0.1) is 0 Å². The number of hydrogen-bond acceptors (Lipinski definition) is 5. The molecule has 26 heavy (non-hydrogen) atoms. The lowest BCUT2D eigenvalue weighted by molar-refractivity contribution is 0.0184. The highest BCUT2D eigenvalue weighted by molar-refractivity contribution is 5.77. The van der Waals surface area contributed by atoms with Gasteiger partial charge in [0.2, 0.25) is 0 Å². The second-order valence-electron chi connectivity index (χ2n) is 7.12. The number of rotatable bonds is 5. The molecule has 3 aliphatic rings. The first kappa shape index (κ1) is 17.3. The number of nitrogens with one attached hydrogen (secondary N) is 1. The lowest BCUT2D eigenvalue weighted by atomic mass is 9.93. The van der Waals surface area contributed by atoms with Gasteiger partial charge in [-0.1, -0.05) is 0 Å². The Kier molecular flexibility index (Phi) is 5.07. The van der Waals surface area contributed by atoms with Crippen LogP contribution in [0.25, 0.3) is 5.70 Å². The fourth-order valence-corrected chi connectivity index (χ4v) is 4.04. The molecule has 140 valence electrons. The molecule has 1 N–H and O–H groups in total. The Morgan fingerprint density at radius 3 is 2.92 bits per heavy atom. The van der Waals surface area contributed by atoms with Crippen LogP contribution in [-0.4, -0.2) is 51.5 Å². The van der Waals surface area contributed by atoms with Crippen molar-refractivity contribution in [3.05, 3.63) is 41.1 Å². The third-order valence-electron chi connectivity index (χ3n) is 5.49. The van der Waals surface area contributed by atoms with Crippen molar-refractivity contribution in [1.29, 1.82) is 0 Å². The number of ether oxygens (including phenoxy) is 3. The van der Waals surface area contributed by atoms with E-state index in [9.17, 15) is 0 Å². The fourth-order valence-electron chi connectivity index (χ4n) is 4.04. The maximum absolute atomic E-state index is 5.84. The van der Waals surface area contributed by atoms with Gasteiger partial charge in [-0.05, 0) is 49.5 Å². The van der Waals surface area contributed by atoms with Gasteiger partial charge >= 0.3 is 0 Å². The van der Waals surface area contributed by atoms with E-state index < -0.39 is 0 Å². The van der Waals surface area contributed by atoms with Gasteiger partial charge in [0.25, 0.3) is 0 Å². The van der Waals surface area contributed by atoms with Crippen molar-refractivity contribution in [3.8, 4) is 11.5 Å². The third kappa shape index (κ3) is 3.40. The molecular formula is C21H28N2O3. The van der Waals surface area contributed by atoms with Crippen LogP contribution in [-0.2, 0) is 11.2 Å². The predicted molar refractivity (Wildman–Crippen MR) is 102 cm³/mol. The molecule has 5 heteroatoms. The topological polar surface area (TPSA) is 43.0 Å². The molecule has 0 amide bonds. The van der Waals surface area contributed by atoms with E-state index in [1.54, 1.807) is 14.2 Å². The Balaban J connectivity index is 1.57. The summed E-state index contributed by atoms with van der Waals surface area (Å²) in [6, 6.07) is 4.11. The second-order valence-corrected chi connectivity index (χ2v) is 7.12. The molecule has 1 aromatic rings. The lowest BCUT2D eigenvalue weighted by Crippen LogP contribution is -2.35. The molecule has 0 spiro atoms. The minimum atomic E-state index is 0.332. The summed E-state index contributed by atoms with van der Waals surface area (Å²) < 4.78 is 17.0. The van der Waals surface area contributed by atoms with Crippen molar-refractivity contribution in [2.45, 2.75) is 31.8 Å². The maximum Gasteiger partial charge on any atom is 0.132 e.